The number of rotatable bonds is 7. The Morgan fingerprint density at radius 2 is 2.03 bits per heavy atom. The van der Waals surface area contributed by atoms with Crippen molar-refractivity contribution in [1.29, 1.82) is 0 Å². The topological polar surface area (TPSA) is 131 Å². The molecule has 0 spiro atoms. The van der Waals surface area contributed by atoms with E-state index in [0.717, 1.165) is 36.5 Å². The van der Waals surface area contributed by atoms with Gasteiger partial charge in [0.25, 0.3) is 0 Å². The maximum Gasteiger partial charge on any atom is 0.231 e. The Morgan fingerprint density at radius 1 is 1.15 bits per heavy atom. The summed E-state index contributed by atoms with van der Waals surface area (Å²) in [5, 5.41) is 14.6. The van der Waals surface area contributed by atoms with E-state index in [0.29, 0.717) is 41.5 Å². The van der Waals surface area contributed by atoms with Gasteiger partial charge in [0.2, 0.25) is 11.8 Å². The Balaban J connectivity index is 1.45. The smallest absolute Gasteiger partial charge is 0.231 e. The third-order valence-corrected chi connectivity index (χ3v) is 5.44. The number of aromatic amines is 1. The molecule has 170 valence electrons. The zero-order chi connectivity index (χ0) is 22.8. The van der Waals surface area contributed by atoms with Crippen LogP contribution in [-0.2, 0) is 0 Å². The lowest BCUT2D eigenvalue weighted by Gasteiger charge is -2.23. The number of nitrogens with one attached hydrogen (secondary N) is 2. The van der Waals surface area contributed by atoms with Crippen molar-refractivity contribution in [3.05, 3.63) is 47.7 Å². The van der Waals surface area contributed by atoms with Gasteiger partial charge in [0.15, 0.2) is 11.6 Å². The molecule has 5 rings (SSSR count). The normalized spacial score (nSPS) is 15.7. The number of nitrogens with zero attached hydrogens (tertiary/aromatic N) is 7. The molecule has 0 saturated carbocycles. The summed E-state index contributed by atoms with van der Waals surface area (Å²) in [5.74, 6) is 3.09. The van der Waals surface area contributed by atoms with Gasteiger partial charge in [-0.05, 0) is 33.6 Å². The standard InChI is InChI=1S/C22H25N9O2/c1-4-32-20-12-18(25-19-10-13(2)28-29-19)26-22(27-20)31-9-5-6-16(31)17-11-15(30-33-17)21-14(3)23-7-8-24-21/h7-8,10-12,16H,4-6,9H2,1-3H3,(H2,25,26,27,28,29)/t16-/m0/s1. The van der Waals surface area contributed by atoms with E-state index in [-0.39, 0.29) is 6.04 Å². The highest BCUT2D eigenvalue weighted by Gasteiger charge is 2.32. The summed E-state index contributed by atoms with van der Waals surface area (Å²) in [6.07, 6.45) is 5.20. The molecule has 2 N–H and O–H groups in total. The average Bonchev–Trinajstić information content (AvgIpc) is 3.55. The van der Waals surface area contributed by atoms with Gasteiger partial charge in [0.1, 0.15) is 17.2 Å². The molecule has 11 heteroatoms. The van der Waals surface area contributed by atoms with Gasteiger partial charge in [0, 0.05) is 42.8 Å². The van der Waals surface area contributed by atoms with Crippen molar-refractivity contribution < 1.29 is 9.26 Å². The molecule has 1 aliphatic heterocycles. The summed E-state index contributed by atoms with van der Waals surface area (Å²) in [6.45, 7) is 7.07. The number of H-pyrrole nitrogens is 1. The highest BCUT2D eigenvalue weighted by atomic mass is 16.5. The van der Waals surface area contributed by atoms with Crippen LogP contribution < -0.4 is 15.0 Å². The molecule has 11 nitrogen and oxygen atoms in total. The summed E-state index contributed by atoms with van der Waals surface area (Å²) < 4.78 is 11.4. The highest BCUT2D eigenvalue weighted by Crippen LogP contribution is 2.37. The molecular formula is C22H25N9O2. The van der Waals surface area contributed by atoms with Crippen LogP contribution in [0.5, 0.6) is 5.88 Å². The zero-order valence-corrected chi connectivity index (χ0v) is 18.7. The molecule has 0 unspecified atom stereocenters. The van der Waals surface area contributed by atoms with E-state index in [9.17, 15) is 0 Å². The molecule has 5 heterocycles. The summed E-state index contributed by atoms with van der Waals surface area (Å²) >= 11 is 0. The van der Waals surface area contributed by atoms with Crippen molar-refractivity contribution in [2.45, 2.75) is 39.7 Å². The first kappa shape index (κ1) is 20.9. The molecule has 1 aliphatic rings. The van der Waals surface area contributed by atoms with Crippen LogP contribution in [0, 0.1) is 13.8 Å². The average molecular weight is 448 g/mol. The first-order chi connectivity index (χ1) is 16.1. The van der Waals surface area contributed by atoms with Gasteiger partial charge in [-0.2, -0.15) is 15.1 Å². The van der Waals surface area contributed by atoms with E-state index < -0.39 is 0 Å². The van der Waals surface area contributed by atoms with Gasteiger partial charge < -0.3 is 19.5 Å². The Kier molecular flexibility index (Phi) is 5.59. The second-order valence-corrected chi connectivity index (χ2v) is 7.84. The second kappa shape index (κ2) is 8.85. The lowest BCUT2D eigenvalue weighted by molar-refractivity contribution is 0.325. The predicted octanol–water partition coefficient (Wildman–Crippen LogP) is 3.75. The van der Waals surface area contributed by atoms with Crippen LogP contribution in [0.3, 0.4) is 0 Å². The number of hydrogen-bond acceptors (Lipinski definition) is 10. The summed E-state index contributed by atoms with van der Waals surface area (Å²) in [6, 6.07) is 5.56. The summed E-state index contributed by atoms with van der Waals surface area (Å²) in [7, 11) is 0. The van der Waals surface area contributed by atoms with Crippen LogP contribution in [-0.4, -0.2) is 48.4 Å². The van der Waals surface area contributed by atoms with Gasteiger partial charge >= 0.3 is 0 Å². The molecule has 0 bridgehead atoms. The monoisotopic (exact) mass is 447 g/mol. The Labute approximate surface area is 190 Å². The largest absolute Gasteiger partial charge is 0.478 e. The Morgan fingerprint density at radius 3 is 2.82 bits per heavy atom. The molecule has 4 aromatic rings. The molecule has 4 aromatic heterocycles. The number of hydrogen-bond donors (Lipinski definition) is 2. The van der Waals surface area contributed by atoms with Crippen LogP contribution in [0.2, 0.25) is 0 Å². The minimum absolute atomic E-state index is 0.0411. The Bertz CT molecular complexity index is 1250. The van der Waals surface area contributed by atoms with Crippen LogP contribution in [0.1, 0.15) is 43.0 Å². The van der Waals surface area contributed by atoms with Crippen molar-refractivity contribution in [2.75, 3.05) is 23.4 Å². The molecule has 0 aromatic carbocycles. The number of ether oxygens (including phenoxy) is 1. The van der Waals surface area contributed by atoms with Crippen molar-refractivity contribution in [3.8, 4) is 17.3 Å². The molecule has 0 aliphatic carbocycles. The fourth-order valence-electron chi connectivity index (χ4n) is 3.96. The van der Waals surface area contributed by atoms with Crippen LogP contribution >= 0.6 is 0 Å². The SMILES string of the molecule is CCOc1cc(Nc2cc(C)[nH]n2)nc(N2CCC[C@H]2c2cc(-c3nccnc3C)no2)n1. The first-order valence-corrected chi connectivity index (χ1v) is 10.9. The van der Waals surface area contributed by atoms with Crippen molar-refractivity contribution in [2.24, 2.45) is 0 Å². The lowest BCUT2D eigenvalue weighted by atomic mass is 10.1. The maximum absolute atomic E-state index is 5.74. The van der Waals surface area contributed by atoms with E-state index in [1.54, 1.807) is 18.5 Å². The van der Waals surface area contributed by atoms with Gasteiger partial charge in [-0.3, -0.25) is 15.1 Å². The van der Waals surface area contributed by atoms with Gasteiger partial charge in [-0.15, -0.1) is 0 Å². The van der Waals surface area contributed by atoms with E-state index in [1.807, 2.05) is 32.9 Å². The van der Waals surface area contributed by atoms with Crippen LogP contribution in [0.4, 0.5) is 17.6 Å². The number of aromatic nitrogens is 7. The van der Waals surface area contributed by atoms with Crippen LogP contribution in [0.25, 0.3) is 11.4 Å². The molecule has 0 radical (unpaired) electrons. The van der Waals surface area contributed by atoms with Gasteiger partial charge in [0.05, 0.1) is 18.3 Å². The van der Waals surface area contributed by atoms with Crippen molar-refractivity contribution in [3.63, 3.8) is 0 Å². The fourth-order valence-corrected chi connectivity index (χ4v) is 3.96. The van der Waals surface area contributed by atoms with Crippen LogP contribution in [0.15, 0.2) is 35.1 Å². The third kappa shape index (κ3) is 4.34. The number of aryl methyl sites for hydroxylation is 2. The summed E-state index contributed by atoms with van der Waals surface area (Å²) in [4.78, 5) is 20.2. The predicted molar refractivity (Wildman–Crippen MR) is 121 cm³/mol. The molecule has 33 heavy (non-hydrogen) atoms. The molecule has 1 fully saturated rings. The number of anilines is 3. The fraction of sp³-hybridized carbons (Fsp3) is 0.364. The molecule has 1 saturated heterocycles. The lowest BCUT2D eigenvalue weighted by Crippen LogP contribution is -2.25. The summed E-state index contributed by atoms with van der Waals surface area (Å²) in [5.41, 5.74) is 3.14. The maximum atomic E-state index is 5.74. The second-order valence-electron chi connectivity index (χ2n) is 7.84. The minimum atomic E-state index is -0.0411. The molecule has 0 amide bonds. The van der Waals surface area contributed by atoms with E-state index in [1.165, 1.54) is 0 Å². The Hall–Kier alpha value is -4.02. The minimum Gasteiger partial charge on any atom is -0.478 e. The van der Waals surface area contributed by atoms with Crippen molar-refractivity contribution >= 4 is 17.6 Å². The van der Waals surface area contributed by atoms with E-state index >= 15 is 0 Å². The highest BCUT2D eigenvalue weighted by molar-refractivity contribution is 5.58. The molecular weight excluding hydrogens is 422 g/mol. The van der Waals surface area contributed by atoms with Gasteiger partial charge in [-0.25, -0.2) is 0 Å². The molecule has 1 atom stereocenters. The van der Waals surface area contributed by atoms with Gasteiger partial charge in [-0.1, -0.05) is 5.16 Å². The third-order valence-electron chi connectivity index (χ3n) is 5.44. The zero-order valence-electron chi connectivity index (χ0n) is 18.7. The van der Waals surface area contributed by atoms with E-state index in [4.69, 9.17) is 14.2 Å². The van der Waals surface area contributed by atoms with E-state index in [2.05, 4.69) is 40.5 Å². The van der Waals surface area contributed by atoms with Crippen molar-refractivity contribution in [1.82, 2.24) is 35.3 Å². The quantitative estimate of drug-likeness (QED) is 0.432. The first-order valence-electron chi connectivity index (χ1n) is 10.9.